The maximum atomic E-state index is 5.99. The standard InChI is InChI=1S/C15H29N3O/c1-3-15-14-8-16-7-12(14)9-18(15)11-13-10-17(4-2)5-6-19-13/h12-16H,3-11H2,1-2H3. The number of hydrogen-bond donors (Lipinski definition) is 1. The van der Waals surface area contributed by atoms with E-state index in [1.54, 1.807) is 0 Å². The number of likely N-dealkylation sites (tertiary alicyclic amines) is 1. The lowest BCUT2D eigenvalue weighted by Gasteiger charge is -2.36. The van der Waals surface area contributed by atoms with Crippen LogP contribution in [0.15, 0.2) is 0 Å². The van der Waals surface area contributed by atoms with Crippen LogP contribution in [0.1, 0.15) is 20.3 Å². The van der Waals surface area contributed by atoms with Gasteiger partial charge in [0.1, 0.15) is 0 Å². The fraction of sp³-hybridized carbons (Fsp3) is 1.00. The predicted molar refractivity (Wildman–Crippen MR) is 77.4 cm³/mol. The summed E-state index contributed by atoms with van der Waals surface area (Å²) in [5, 5.41) is 3.56. The molecule has 3 rings (SSSR count). The Kier molecular flexibility index (Phi) is 4.42. The third kappa shape index (κ3) is 2.82. The van der Waals surface area contributed by atoms with E-state index in [0.29, 0.717) is 6.10 Å². The van der Waals surface area contributed by atoms with Gasteiger partial charge in [-0.2, -0.15) is 0 Å². The van der Waals surface area contributed by atoms with E-state index in [4.69, 9.17) is 4.74 Å². The van der Waals surface area contributed by atoms with Crippen LogP contribution in [0.2, 0.25) is 0 Å². The van der Waals surface area contributed by atoms with Gasteiger partial charge in [0, 0.05) is 32.2 Å². The quantitative estimate of drug-likeness (QED) is 0.809. The first-order valence-electron chi connectivity index (χ1n) is 8.10. The Balaban J connectivity index is 1.57. The summed E-state index contributed by atoms with van der Waals surface area (Å²) in [6, 6.07) is 0.778. The van der Waals surface area contributed by atoms with Crippen molar-refractivity contribution in [1.29, 1.82) is 0 Å². The van der Waals surface area contributed by atoms with Crippen LogP contribution in [0.25, 0.3) is 0 Å². The smallest absolute Gasteiger partial charge is 0.0829 e. The number of likely N-dealkylation sites (N-methyl/N-ethyl adjacent to an activating group) is 1. The van der Waals surface area contributed by atoms with Gasteiger partial charge in [0.2, 0.25) is 0 Å². The Labute approximate surface area is 117 Å². The molecule has 0 aromatic rings. The molecule has 4 heteroatoms. The van der Waals surface area contributed by atoms with Crippen molar-refractivity contribution in [3.8, 4) is 0 Å². The second kappa shape index (κ2) is 6.08. The summed E-state index contributed by atoms with van der Waals surface area (Å²) in [5.74, 6) is 1.77. The number of hydrogen-bond acceptors (Lipinski definition) is 4. The number of ether oxygens (including phenoxy) is 1. The highest BCUT2D eigenvalue weighted by Crippen LogP contribution is 2.34. The molecule has 0 radical (unpaired) electrons. The zero-order valence-electron chi connectivity index (χ0n) is 12.5. The molecule has 0 aromatic heterocycles. The number of rotatable bonds is 4. The SMILES string of the molecule is CCC1C2CNCC2CN1CC1CN(CC)CCO1. The first-order valence-corrected chi connectivity index (χ1v) is 8.10. The van der Waals surface area contributed by atoms with Gasteiger partial charge in [-0.1, -0.05) is 13.8 Å². The van der Waals surface area contributed by atoms with Crippen LogP contribution in [0.3, 0.4) is 0 Å². The molecule has 0 spiro atoms. The average Bonchev–Trinajstić information content (AvgIpc) is 2.99. The molecular weight excluding hydrogens is 238 g/mol. The summed E-state index contributed by atoms with van der Waals surface area (Å²) < 4.78 is 5.99. The number of morpholine rings is 1. The summed E-state index contributed by atoms with van der Waals surface area (Å²) in [6.07, 6.45) is 1.71. The van der Waals surface area contributed by atoms with Gasteiger partial charge in [-0.3, -0.25) is 9.80 Å². The van der Waals surface area contributed by atoms with Gasteiger partial charge >= 0.3 is 0 Å². The molecule has 1 N–H and O–H groups in total. The molecule has 3 fully saturated rings. The molecule has 19 heavy (non-hydrogen) atoms. The molecule has 3 heterocycles. The van der Waals surface area contributed by atoms with Crippen molar-refractivity contribution >= 4 is 0 Å². The molecule has 4 unspecified atom stereocenters. The number of nitrogens with zero attached hydrogens (tertiary/aromatic N) is 2. The van der Waals surface area contributed by atoms with Crippen LogP contribution >= 0.6 is 0 Å². The number of nitrogens with one attached hydrogen (secondary N) is 1. The average molecular weight is 267 g/mol. The Morgan fingerprint density at radius 2 is 2.11 bits per heavy atom. The minimum absolute atomic E-state index is 0.425. The van der Waals surface area contributed by atoms with Crippen LogP contribution in [-0.2, 0) is 4.74 Å². The van der Waals surface area contributed by atoms with Gasteiger partial charge in [0.25, 0.3) is 0 Å². The van der Waals surface area contributed by atoms with Crippen molar-refractivity contribution in [2.75, 3.05) is 52.4 Å². The van der Waals surface area contributed by atoms with Crippen molar-refractivity contribution in [3.05, 3.63) is 0 Å². The number of fused-ring (bicyclic) bond motifs is 1. The van der Waals surface area contributed by atoms with Crippen LogP contribution in [0.4, 0.5) is 0 Å². The first-order chi connectivity index (χ1) is 9.31. The molecule has 3 saturated heterocycles. The maximum Gasteiger partial charge on any atom is 0.0829 e. The molecule has 110 valence electrons. The normalized spacial score (nSPS) is 40.7. The molecule has 0 aromatic carbocycles. The van der Waals surface area contributed by atoms with Crippen molar-refractivity contribution in [2.24, 2.45) is 11.8 Å². The zero-order chi connectivity index (χ0) is 13.2. The summed E-state index contributed by atoms with van der Waals surface area (Å²) >= 11 is 0. The lowest BCUT2D eigenvalue weighted by Crippen LogP contribution is -2.49. The van der Waals surface area contributed by atoms with Gasteiger partial charge in [-0.05, 0) is 37.9 Å². The minimum atomic E-state index is 0.425. The second-order valence-electron chi connectivity index (χ2n) is 6.40. The van der Waals surface area contributed by atoms with E-state index in [1.807, 2.05) is 0 Å². The van der Waals surface area contributed by atoms with Gasteiger partial charge < -0.3 is 10.1 Å². The fourth-order valence-electron chi connectivity index (χ4n) is 4.32. The minimum Gasteiger partial charge on any atom is -0.374 e. The monoisotopic (exact) mass is 267 g/mol. The van der Waals surface area contributed by atoms with E-state index in [9.17, 15) is 0 Å². The summed E-state index contributed by atoms with van der Waals surface area (Å²) in [5.41, 5.74) is 0. The van der Waals surface area contributed by atoms with E-state index in [2.05, 4.69) is 29.0 Å². The Bertz CT molecular complexity index is 299. The Morgan fingerprint density at radius 1 is 1.21 bits per heavy atom. The van der Waals surface area contributed by atoms with E-state index in [-0.39, 0.29) is 0 Å². The molecular formula is C15H29N3O. The highest BCUT2D eigenvalue weighted by atomic mass is 16.5. The second-order valence-corrected chi connectivity index (χ2v) is 6.40. The van der Waals surface area contributed by atoms with Gasteiger partial charge in [-0.25, -0.2) is 0 Å². The van der Waals surface area contributed by atoms with Crippen LogP contribution < -0.4 is 5.32 Å². The van der Waals surface area contributed by atoms with Crippen molar-refractivity contribution < 1.29 is 4.74 Å². The van der Waals surface area contributed by atoms with E-state index >= 15 is 0 Å². The topological polar surface area (TPSA) is 27.7 Å². The van der Waals surface area contributed by atoms with E-state index in [0.717, 1.165) is 50.7 Å². The van der Waals surface area contributed by atoms with Crippen molar-refractivity contribution in [2.45, 2.75) is 32.4 Å². The molecule has 0 aliphatic carbocycles. The molecule has 3 aliphatic heterocycles. The lowest BCUT2D eigenvalue weighted by molar-refractivity contribution is -0.0447. The molecule has 4 atom stereocenters. The van der Waals surface area contributed by atoms with Crippen molar-refractivity contribution in [1.82, 2.24) is 15.1 Å². The zero-order valence-corrected chi connectivity index (χ0v) is 12.5. The highest BCUT2D eigenvalue weighted by Gasteiger charge is 2.43. The van der Waals surface area contributed by atoms with E-state index < -0.39 is 0 Å². The largest absolute Gasteiger partial charge is 0.374 e. The maximum absolute atomic E-state index is 5.99. The van der Waals surface area contributed by atoms with Crippen LogP contribution in [0, 0.1) is 11.8 Å². The third-order valence-electron chi connectivity index (χ3n) is 5.35. The lowest BCUT2D eigenvalue weighted by atomic mass is 9.93. The predicted octanol–water partition coefficient (Wildman–Crippen LogP) is 0.637. The molecule has 0 saturated carbocycles. The summed E-state index contributed by atoms with van der Waals surface area (Å²) in [7, 11) is 0. The molecule has 3 aliphatic rings. The third-order valence-corrected chi connectivity index (χ3v) is 5.35. The van der Waals surface area contributed by atoms with Gasteiger partial charge in [-0.15, -0.1) is 0 Å². The Hall–Kier alpha value is -0.160. The van der Waals surface area contributed by atoms with Gasteiger partial charge in [0.05, 0.1) is 12.7 Å². The Morgan fingerprint density at radius 3 is 2.89 bits per heavy atom. The van der Waals surface area contributed by atoms with Crippen LogP contribution in [-0.4, -0.2) is 74.4 Å². The van der Waals surface area contributed by atoms with Crippen molar-refractivity contribution in [3.63, 3.8) is 0 Å². The molecule has 0 amide bonds. The summed E-state index contributed by atoms with van der Waals surface area (Å²) in [6.45, 7) is 13.8. The fourth-order valence-corrected chi connectivity index (χ4v) is 4.32. The molecule has 0 bridgehead atoms. The molecule has 4 nitrogen and oxygen atoms in total. The van der Waals surface area contributed by atoms with E-state index in [1.165, 1.54) is 26.1 Å². The first kappa shape index (κ1) is 13.8. The highest BCUT2D eigenvalue weighted by molar-refractivity contribution is 4.98. The van der Waals surface area contributed by atoms with Gasteiger partial charge in [0.15, 0.2) is 0 Å². The van der Waals surface area contributed by atoms with Crippen LogP contribution in [0.5, 0.6) is 0 Å². The summed E-state index contributed by atoms with van der Waals surface area (Å²) in [4.78, 5) is 5.24.